The molecule has 0 spiro atoms. The van der Waals surface area contributed by atoms with Crippen molar-refractivity contribution < 1.29 is 14.6 Å². The first-order valence-electron chi connectivity index (χ1n) is 5.22. The summed E-state index contributed by atoms with van der Waals surface area (Å²) in [6.07, 6.45) is 0.470. The number of aromatic nitrogens is 4. The molecule has 9 heteroatoms. The molecule has 1 saturated heterocycles. The van der Waals surface area contributed by atoms with Crippen molar-refractivity contribution in [2.45, 2.75) is 12.5 Å². The second kappa shape index (κ2) is 4.32. The van der Waals surface area contributed by atoms with E-state index in [9.17, 15) is 0 Å². The van der Waals surface area contributed by atoms with Crippen molar-refractivity contribution in [2.24, 2.45) is 0 Å². The Morgan fingerprint density at radius 3 is 3.11 bits per heavy atom. The molecular weight excluding hydrogens is 262 g/mol. The number of nitrogens with zero attached hydrogens (tertiary/aromatic N) is 4. The Labute approximate surface area is 106 Å². The zero-order chi connectivity index (χ0) is 12.7. The fourth-order valence-corrected chi connectivity index (χ4v) is 2.01. The zero-order valence-electron chi connectivity index (χ0n) is 9.15. The molecule has 0 saturated carbocycles. The van der Waals surface area contributed by atoms with E-state index in [0.29, 0.717) is 11.2 Å². The SMILES string of the molecule is Nc1nc(Cl)c2ncn(C3CO[C@@H](CO)O3)c2n1. The van der Waals surface area contributed by atoms with Crippen LogP contribution in [0.15, 0.2) is 6.33 Å². The van der Waals surface area contributed by atoms with Gasteiger partial charge in [-0.25, -0.2) is 4.98 Å². The summed E-state index contributed by atoms with van der Waals surface area (Å²) in [5.41, 5.74) is 6.46. The van der Waals surface area contributed by atoms with Crippen LogP contribution in [0.1, 0.15) is 6.23 Å². The molecule has 0 aliphatic carbocycles. The molecule has 1 aliphatic rings. The third-order valence-electron chi connectivity index (χ3n) is 2.59. The topological polar surface area (TPSA) is 108 Å². The first-order valence-corrected chi connectivity index (χ1v) is 5.60. The lowest BCUT2D eigenvalue weighted by molar-refractivity contribution is -0.0980. The quantitative estimate of drug-likeness (QED) is 0.736. The molecule has 2 aromatic rings. The summed E-state index contributed by atoms with van der Waals surface area (Å²) in [4.78, 5) is 12.0. The highest BCUT2D eigenvalue weighted by Gasteiger charge is 2.28. The van der Waals surface area contributed by atoms with Crippen LogP contribution < -0.4 is 5.73 Å². The van der Waals surface area contributed by atoms with Gasteiger partial charge in [0.05, 0.1) is 19.5 Å². The van der Waals surface area contributed by atoms with Crippen molar-refractivity contribution in [1.29, 1.82) is 0 Å². The van der Waals surface area contributed by atoms with Gasteiger partial charge in [0.2, 0.25) is 5.95 Å². The Morgan fingerprint density at radius 1 is 1.56 bits per heavy atom. The summed E-state index contributed by atoms with van der Waals surface area (Å²) in [7, 11) is 0. The van der Waals surface area contributed by atoms with Crippen LogP contribution in [0.5, 0.6) is 0 Å². The largest absolute Gasteiger partial charge is 0.391 e. The van der Waals surface area contributed by atoms with Gasteiger partial charge in [0.1, 0.15) is 5.52 Å². The molecule has 1 fully saturated rings. The van der Waals surface area contributed by atoms with Crippen LogP contribution in [-0.4, -0.2) is 44.1 Å². The Morgan fingerprint density at radius 2 is 2.39 bits per heavy atom. The predicted octanol–water partition coefficient (Wildman–Crippen LogP) is -0.0743. The lowest BCUT2D eigenvalue weighted by Crippen LogP contribution is -2.15. The number of hydrogen-bond acceptors (Lipinski definition) is 7. The maximum absolute atomic E-state index is 8.94. The van der Waals surface area contributed by atoms with Crippen LogP contribution in [0, 0.1) is 0 Å². The molecule has 0 amide bonds. The number of ether oxygens (including phenoxy) is 2. The van der Waals surface area contributed by atoms with Crippen molar-refractivity contribution in [3.63, 3.8) is 0 Å². The number of aliphatic hydroxyl groups is 1. The molecule has 3 N–H and O–H groups in total. The molecule has 1 aliphatic heterocycles. The van der Waals surface area contributed by atoms with Gasteiger partial charge in [0.25, 0.3) is 0 Å². The van der Waals surface area contributed by atoms with Crippen molar-refractivity contribution in [3.05, 3.63) is 11.5 Å². The van der Waals surface area contributed by atoms with Crippen molar-refractivity contribution in [1.82, 2.24) is 19.5 Å². The van der Waals surface area contributed by atoms with Crippen LogP contribution in [0.3, 0.4) is 0 Å². The molecular formula is C9H10ClN5O3. The number of aliphatic hydroxyl groups excluding tert-OH is 1. The molecule has 0 bridgehead atoms. The Kier molecular flexibility index (Phi) is 2.78. The fraction of sp³-hybridized carbons (Fsp3) is 0.444. The van der Waals surface area contributed by atoms with E-state index >= 15 is 0 Å². The maximum atomic E-state index is 8.94. The molecule has 3 rings (SSSR count). The molecule has 2 atom stereocenters. The van der Waals surface area contributed by atoms with Gasteiger partial charge in [0.15, 0.2) is 23.3 Å². The van der Waals surface area contributed by atoms with Gasteiger partial charge >= 0.3 is 0 Å². The predicted molar refractivity (Wildman–Crippen MR) is 61.7 cm³/mol. The van der Waals surface area contributed by atoms with E-state index in [1.165, 1.54) is 6.33 Å². The van der Waals surface area contributed by atoms with Crippen LogP contribution in [0.2, 0.25) is 5.15 Å². The lowest BCUT2D eigenvalue weighted by Gasteiger charge is -2.11. The van der Waals surface area contributed by atoms with Gasteiger partial charge < -0.3 is 20.3 Å². The van der Waals surface area contributed by atoms with Gasteiger partial charge in [-0.15, -0.1) is 0 Å². The van der Waals surface area contributed by atoms with Crippen molar-refractivity contribution in [3.8, 4) is 0 Å². The van der Waals surface area contributed by atoms with Gasteiger partial charge in [-0.2, -0.15) is 9.97 Å². The number of hydrogen-bond donors (Lipinski definition) is 2. The van der Waals surface area contributed by atoms with E-state index in [-0.39, 0.29) is 24.3 Å². The van der Waals surface area contributed by atoms with E-state index in [1.807, 2.05) is 0 Å². The normalized spacial score (nSPS) is 23.9. The summed E-state index contributed by atoms with van der Waals surface area (Å²) in [6.45, 7) is 0.0826. The summed E-state index contributed by atoms with van der Waals surface area (Å²) in [5.74, 6) is 0.0619. The highest BCUT2D eigenvalue weighted by atomic mass is 35.5. The standard InChI is InChI=1S/C9H10ClN5O3/c10-7-6-8(14-9(11)13-7)15(3-12-6)4-2-17-5(1-16)18-4/h3-5,16H,1-2H2,(H2,11,13,14)/t4?,5-/m1/s1. The summed E-state index contributed by atoms with van der Waals surface area (Å²) >= 11 is 5.92. The number of nitrogens with two attached hydrogens (primary N) is 1. The average Bonchev–Trinajstić information content (AvgIpc) is 2.93. The third kappa shape index (κ3) is 1.79. The second-order valence-corrected chi connectivity index (χ2v) is 4.09. The molecule has 96 valence electrons. The van der Waals surface area contributed by atoms with Gasteiger partial charge in [0, 0.05) is 0 Å². The molecule has 18 heavy (non-hydrogen) atoms. The summed E-state index contributed by atoms with van der Waals surface area (Å²) in [6, 6.07) is 0. The summed E-state index contributed by atoms with van der Waals surface area (Å²) in [5, 5.41) is 9.13. The van der Waals surface area contributed by atoms with E-state index < -0.39 is 12.5 Å². The Hall–Kier alpha value is -1.48. The third-order valence-corrected chi connectivity index (χ3v) is 2.85. The molecule has 0 radical (unpaired) electrons. The highest BCUT2D eigenvalue weighted by Crippen LogP contribution is 2.26. The van der Waals surface area contributed by atoms with Crippen LogP contribution in [0.25, 0.3) is 11.2 Å². The van der Waals surface area contributed by atoms with Crippen LogP contribution >= 0.6 is 11.6 Å². The van der Waals surface area contributed by atoms with Crippen LogP contribution in [0.4, 0.5) is 5.95 Å². The average molecular weight is 272 g/mol. The second-order valence-electron chi connectivity index (χ2n) is 3.73. The first-order chi connectivity index (χ1) is 8.69. The number of imidazole rings is 1. The van der Waals surface area contributed by atoms with Crippen LogP contribution in [-0.2, 0) is 9.47 Å². The zero-order valence-corrected chi connectivity index (χ0v) is 9.91. The van der Waals surface area contributed by atoms with Crippen molar-refractivity contribution >= 4 is 28.7 Å². The monoisotopic (exact) mass is 271 g/mol. The van der Waals surface area contributed by atoms with Gasteiger partial charge in [-0.3, -0.25) is 4.57 Å². The fourth-order valence-electron chi connectivity index (χ4n) is 1.79. The lowest BCUT2D eigenvalue weighted by atomic mass is 10.5. The number of nitrogen functional groups attached to an aromatic ring is 1. The number of anilines is 1. The number of halogens is 1. The molecule has 0 aromatic carbocycles. The first kappa shape index (κ1) is 11.6. The minimum Gasteiger partial charge on any atom is -0.391 e. The number of fused-ring (bicyclic) bond motifs is 1. The van der Waals surface area contributed by atoms with E-state index in [4.69, 9.17) is 31.9 Å². The van der Waals surface area contributed by atoms with E-state index in [1.54, 1.807) is 4.57 Å². The molecule has 8 nitrogen and oxygen atoms in total. The van der Waals surface area contributed by atoms with E-state index in [0.717, 1.165) is 0 Å². The number of rotatable bonds is 2. The molecule has 1 unspecified atom stereocenters. The molecule has 3 heterocycles. The summed E-state index contributed by atoms with van der Waals surface area (Å²) < 4.78 is 12.3. The van der Waals surface area contributed by atoms with Crippen molar-refractivity contribution in [2.75, 3.05) is 18.9 Å². The van der Waals surface area contributed by atoms with E-state index in [2.05, 4.69) is 15.0 Å². The highest BCUT2D eigenvalue weighted by molar-refractivity contribution is 6.33. The molecule has 2 aromatic heterocycles. The Balaban J connectivity index is 2.03. The minimum absolute atomic E-state index is 0.0619. The van der Waals surface area contributed by atoms with Gasteiger partial charge in [-0.1, -0.05) is 11.6 Å². The van der Waals surface area contributed by atoms with Gasteiger partial charge in [-0.05, 0) is 0 Å². The smallest absolute Gasteiger partial charge is 0.223 e. The minimum atomic E-state index is -0.637. The maximum Gasteiger partial charge on any atom is 0.223 e. The Bertz CT molecular complexity index is 589.